The molecule has 0 spiro atoms. The molecule has 0 aliphatic carbocycles. The van der Waals surface area contributed by atoms with Gasteiger partial charge in [0, 0.05) is 11.9 Å². The van der Waals surface area contributed by atoms with Crippen LogP contribution in [0.1, 0.15) is 25.1 Å². The highest BCUT2D eigenvalue weighted by atomic mass is 14.9. The molecule has 0 unspecified atom stereocenters. The fraction of sp³-hybridized carbons (Fsp3) is 0.308. The molecule has 15 heavy (non-hydrogen) atoms. The van der Waals surface area contributed by atoms with Gasteiger partial charge in [-0.05, 0) is 17.4 Å². The topological polar surface area (TPSA) is 28.7 Å². The van der Waals surface area contributed by atoms with E-state index in [1.165, 1.54) is 11.3 Å². The summed E-state index contributed by atoms with van der Waals surface area (Å²) in [6.45, 7) is 4.51. The van der Waals surface area contributed by atoms with Crippen molar-refractivity contribution in [2.24, 2.45) is 0 Å². The third-order valence-electron chi connectivity index (χ3n) is 2.74. The van der Waals surface area contributed by atoms with Crippen molar-refractivity contribution in [1.29, 1.82) is 0 Å². The van der Waals surface area contributed by atoms with Crippen LogP contribution in [-0.4, -0.2) is 9.97 Å². The summed E-state index contributed by atoms with van der Waals surface area (Å²) in [5.74, 6) is 0. The van der Waals surface area contributed by atoms with Crippen LogP contribution >= 0.6 is 0 Å². The first-order valence-electron chi connectivity index (χ1n) is 5.21. The predicted molar refractivity (Wildman–Crippen MR) is 61.8 cm³/mol. The number of rotatable bonds is 3. The third kappa shape index (κ3) is 2.27. The molecule has 2 aromatic rings. The molecule has 1 aromatic carbocycles. The molecule has 2 heteroatoms. The first kappa shape index (κ1) is 9.97. The molecule has 0 fully saturated rings. The van der Waals surface area contributed by atoms with Crippen molar-refractivity contribution in [3.8, 4) is 0 Å². The normalized spacial score (nSPS) is 11.6. The Morgan fingerprint density at radius 3 is 2.53 bits per heavy atom. The molecule has 0 amide bonds. The summed E-state index contributed by atoms with van der Waals surface area (Å²) < 4.78 is 0. The second kappa shape index (κ2) is 3.89. The molecule has 1 aromatic heterocycles. The lowest BCUT2D eigenvalue weighted by Crippen LogP contribution is -2.20. The van der Waals surface area contributed by atoms with Crippen LogP contribution in [0.4, 0.5) is 0 Å². The van der Waals surface area contributed by atoms with Crippen LogP contribution in [0.2, 0.25) is 0 Å². The highest BCUT2D eigenvalue weighted by molar-refractivity contribution is 5.25. The number of nitrogens with zero attached hydrogens (tertiary/aromatic N) is 1. The van der Waals surface area contributed by atoms with Crippen molar-refractivity contribution < 1.29 is 0 Å². The summed E-state index contributed by atoms with van der Waals surface area (Å²) in [4.78, 5) is 7.20. The van der Waals surface area contributed by atoms with E-state index in [1.807, 2.05) is 6.20 Å². The van der Waals surface area contributed by atoms with E-state index < -0.39 is 0 Å². The second-order valence-corrected chi connectivity index (χ2v) is 4.50. The minimum atomic E-state index is 0.147. The molecule has 2 rings (SSSR count). The van der Waals surface area contributed by atoms with Gasteiger partial charge in [-0.2, -0.15) is 0 Å². The van der Waals surface area contributed by atoms with Gasteiger partial charge in [-0.15, -0.1) is 0 Å². The van der Waals surface area contributed by atoms with Crippen molar-refractivity contribution in [2.75, 3.05) is 0 Å². The highest BCUT2D eigenvalue weighted by Crippen LogP contribution is 2.26. The van der Waals surface area contributed by atoms with E-state index in [1.54, 1.807) is 6.33 Å². The number of hydrogen-bond donors (Lipinski definition) is 1. The van der Waals surface area contributed by atoms with E-state index in [9.17, 15) is 0 Å². The van der Waals surface area contributed by atoms with E-state index in [0.29, 0.717) is 0 Å². The van der Waals surface area contributed by atoms with Crippen molar-refractivity contribution in [1.82, 2.24) is 9.97 Å². The number of benzene rings is 1. The molecule has 0 aliphatic rings. The number of nitrogens with one attached hydrogen (secondary N) is 1. The lowest BCUT2D eigenvalue weighted by atomic mass is 9.81. The summed E-state index contributed by atoms with van der Waals surface area (Å²) in [7, 11) is 0. The standard InChI is InChI=1S/C13H16N2/c1-13(2,8-12-9-14-10-15-12)11-6-4-3-5-7-11/h3-7,9-10H,8H2,1-2H3,(H,14,15). The van der Waals surface area contributed by atoms with Gasteiger partial charge in [0.15, 0.2) is 0 Å². The monoisotopic (exact) mass is 200 g/mol. The maximum absolute atomic E-state index is 4.04. The van der Waals surface area contributed by atoms with Gasteiger partial charge in [0.1, 0.15) is 0 Å². The number of H-pyrrole nitrogens is 1. The molecule has 0 radical (unpaired) electrons. The maximum Gasteiger partial charge on any atom is 0.0921 e. The molecule has 1 heterocycles. The number of hydrogen-bond acceptors (Lipinski definition) is 1. The molecule has 78 valence electrons. The Morgan fingerprint density at radius 2 is 1.93 bits per heavy atom. The summed E-state index contributed by atoms with van der Waals surface area (Å²) >= 11 is 0. The van der Waals surface area contributed by atoms with Gasteiger partial charge in [-0.25, -0.2) is 4.98 Å². The minimum absolute atomic E-state index is 0.147. The molecular weight excluding hydrogens is 184 g/mol. The van der Waals surface area contributed by atoms with E-state index in [0.717, 1.165) is 6.42 Å². The lowest BCUT2D eigenvalue weighted by Gasteiger charge is -2.24. The maximum atomic E-state index is 4.04. The number of imidazole rings is 1. The van der Waals surface area contributed by atoms with Crippen LogP contribution < -0.4 is 0 Å². The van der Waals surface area contributed by atoms with Crippen molar-refractivity contribution in [3.63, 3.8) is 0 Å². The Bertz CT molecular complexity index is 401. The van der Waals surface area contributed by atoms with Crippen molar-refractivity contribution >= 4 is 0 Å². The van der Waals surface area contributed by atoms with Crippen LogP contribution in [0.3, 0.4) is 0 Å². The van der Waals surface area contributed by atoms with Gasteiger partial charge in [0.25, 0.3) is 0 Å². The van der Waals surface area contributed by atoms with Gasteiger partial charge in [-0.1, -0.05) is 44.2 Å². The zero-order valence-electron chi connectivity index (χ0n) is 9.20. The van der Waals surface area contributed by atoms with Gasteiger partial charge in [0.2, 0.25) is 0 Å². The molecule has 0 atom stereocenters. The number of aromatic amines is 1. The fourth-order valence-corrected chi connectivity index (χ4v) is 1.85. The largest absolute Gasteiger partial charge is 0.348 e. The smallest absolute Gasteiger partial charge is 0.0921 e. The van der Waals surface area contributed by atoms with Gasteiger partial charge in [0.05, 0.1) is 6.33 Å². The zero-order chi connectivity index (χ0) is 10.7. The summed E-state index contributed by atoms with van der Waals surface area (Å²) in [5, 5.41) is 0. The van der Waals surface area contributed by atoms with Crippen molar-refractivity contribution in [3.05, 3.63) is 54.1 Å². The highest BCUT2D eigenvalue weighted by Gasteiger charge is 2.21. The van der Waals surface area contributed by atoms with Gasteiger partial charge < -0.3 is 4.98 Å². The van der Waals surface area contributed by atoms with E-state index >= 15 is 0 Å². The lowest BCUT2D eigenvalue weighted by molar-refractivity contribution is 0.516. The summed E-state index contributed by atoms with van der Waals surface area (Å²) in [6, 6.07) is 10.6. The number of aromatic nitrogens is 2. The van der Waals surface area contributed by atoms with Crippen LogP contribution in [0.5, 0.6) is 0 Å². The molecule has 0 aliphatic heterocycles. The van der Waals surface area contributed by atoms with Crippen LogP contribution in [0.15, 0.2) is 42.9 Å². The minimum Gasteiger partial charge on any atom is -0.348 e. The third-order valence-corrected chi connectivity index (χ3v) is 2.74. The van der Waals surface area contributed by atoms with Gasteiger partial charge >= 0.3 is 0 Å². The Hall–Kier alpha value is -1.57. The van der Waals surface area contributed by atoms with E-state index in [4.69, 9.17) is 0 Å². The molecule has 0 saturated heterocycles. The summed E-state index contributed by atoms with van der Waals surface area (Å²) in [5.41, 5.74) is 2.69. The predicted octanol–water partition coefficient (Wildman–Crippen LogP) is 2.93. The molecule has 1 N–H and O–H groups in total. The first-order chi connectivity index (χ1) is 7.18. The quantitative estimate of drug-likeness (QED) is 0.810. The second-order valence-electron chi connectivity index (χ2n) is 4.50. The SMILES string of the molecule is CC(C)(Cc1cnc[nH]1)c1ccccc1. The Kier molecular flexibility index (Phi) is 2.58. The molecule has 0 saturated carbocycles. The average molecular weight is 200 g/mol. The van der Waals surface area contributed by atoms with Crippen LogP contribution in [-0.2, 0) is 11.8 Å². The van der Waals surface area contributed by atoms with Crippen molar-refractivity contribution in [2.45, 2.75) is 25.7 Å². The average Bonchev–Trinajstić information content (AvgIpc) is 2.71. The van der Waals surface area contributed by atoms with E-state index in [2.05, 4.69) is 54.1 Å². The molecular formula is C13H16N2. The fourth-order valence-electron chi connectivity index (χ4n) is 1.85. The Balaban J connectivity index is 2.20. The van der Waals surface area contributed by atoms with Crippen LogP contribution in [0, 0.1) is 0 Å². The molecule has 0 bridgehead atoms. The van der Waals surface area contributed by atoms with E-state index in [-0.39, 0.29) is 5.41 Å². The Morgan fingerprint density at radius 1 is 1.20 bits per heavy atom. The first-order valence-corrected chi connectivity index (χ1v) is 5.21. The van der Waals surface area contributed by atoms with Crippen LogP contribution in [0.25, 0.3) is 0 Å². The molecule has 2 nitrogen and oxygen atoms in total. The Labute approximate surface area is 90.4 Å². The summed E-state index contributed by atoms with van der Waals surface area (Å²) in [6.07, 6.45) is 4.61. The zero-order valence-corrected chi connectivity index (χ0v) is 9.20. The van der Waals surface area contributed by atoms with Gasteiger partial charge in [-0.3, -0.25) is 0 Å².